The summed E-state index contributed by atoms with van der Waals surface area (Å²) in [7, 11) is 0. The van der Waals surface area contributed by atoms with Crippen molar-refractivity contribution in [3.05, 3.63) is 28.7 Å². The monoisotopic (exact) mass is 425 g/mol. The summed E-state index contributed by atoms with van der Waals surface area (Å²) in [6.07, 6.45) is 0.245. The summed E-state index contributed by atoms with van der Waals surface area (Å²) >= 11 is 3.37. The van der Waals surface area contributed by atoms with Crippen molar-refractivity contribution in [1.82, 2.24) is 9.80 Å². The Morgan fingerprint density at radius 1 is 1.08 bits per heavy atom. The first-order valence-electron chi connectivity index (χ1n) is 8.87. The first kappa shape index (κ1) is 19.4. The van der Waals surface area contributed by atoms with Gasteiger partial charge in [-0.3, -0.25) is 19.4 Å². The molecule has 2 saturated heterocycles. The number of amides is 2. The fraction of sp³-hybridized carbons (Fsp3) is 0.556. The molecule has 2 fully saturated rings. The molecular formula is C18H24BrN3O4. The molecule has 26 heavy (non-hydrogen) atoms. The zero-order valence-electron chi connectivity index (χ0n) is 14.6. The average Bonchev–Trinajstić information content (AvgIpc) is 2.95. The Kier molecular flexibility index (Phi) is 6.77. The van der Waals surface area contributed by atoms with Crippen LogP contribution in [0.1, 0.15) is 6.42 Å². The van der Waals surface area contributed by atoms with Crippen molar-refractivity contribution in [3.63, 3.8) is 0 Å². The lowest BCUT2D eigenvalue weighted by atomic mass is 10.1. The summed E-state index contributed by atoms with van der Waals surface area (Å²) in [5.41, 5.74) is 0.630. The lowest BCUT2D eigenvalue weighted by molar-refractivity contribution is -0.123. The number of benzene rings is 1. The van der Waals surface area contributed by atoms with Gasteiger partial charge in [-0.1, -0.05) is 15.9 Å². The van der Waals surface area contributed by atoms with Crippen LogP contribution in [0, 0.1) is 0 Å². The summed E-state index contributed by atoms with van der Waals surface area (Å²) < 4.78 is 6.21. The third-order valence-electron chi connectivity index (χ3n) is 4.84. The summed E-state index contributed by atoms with van der Waals surface area (Å²) in [4.78, 5) is 30.9. The van der Waals surface area contributed by atoms with Crippen molar-refractivity contribution in [3.8, 4) is 0 Å². The van der Waals surface area contributed by atoms with Gasteiger partial charge in [0.1, 0.15) is 0 Å². The van der Waals surface area contributed by atoms with Gasteiger partial charge in [0.05, 0.1) is 38.0 Å². The van der Waals surface area contributed by atoms with E-state index in [1.807, 2.05) is 12.1 Å². The van der Waals surface area contributed by atoms with Crippen molar-refractivity contribution in [2.45, 2.75) is 12.5 Å². The Morgan fingerprint density at radius 3 is 2.42 bits per heavy atom. The molecule has 0 bridgehead atoms. The zero-order chi connectivity index (χ0) is 18.5. The molecule has 0 aromatic heterocycles. The number of hydrogen-bond donors (Lipinski definition) is 1. The van der Waals surface area contributed by atoms with Gasteiger partial charge in [0.15, 0.2) is 0 Å². The Morgan fingerprint density at radius 2 is 1.77 bits per heavy atom. The standard InChI is InChI=1S/C18H24BrN3O4/c19-14-1-3-15(4-2-14)22-17(24)13-16(18(22)25)21-7-5-20(6-8-21)9-11-26-12-10-23/h1-4,16,23H,5-13H2/t16-/m0/s1. The van der Waals surface area contributed by atoms with Crippen LogP contribution in [0.5, 0.6) is 0 Å². The Bertz CT molecular complexity index is 632. The van der Waals surface area contributed by atoms with Crippen LogP contribution < -0.4 is 4.90 Å². The van der Waals surface area contributed by atoms with Crippen LogP contribution in [0.15, 0.2) is 28.7 Å². The third kappa shape index (κ3) is 4.50. The number of carbonyl (C=O) groups excluding carboxylic acids is 2. The molecule has 1 N–H and O–H groups in total. The highest BCUT2D eigenvalue weighted by molar-refractivity contribution is 9.10. The summed E-state index contributed by atoms with van der Waals surface area (Å²) in [6.45, 7) is 5.04. The molecule has 2 aliphatic rings. The van der Waals surface area contributed by atoms with E-state index < -0.39 is 0 Å². The molecular weight excluding hydrogens is 402 g/mol. The van der Waals surface area contributed by atoms with Gasteiger partial charge < -0.3 is 9.84 Å². The molecule has 2 amide bonds. The first-order valence-corrected chi connectivity index (χ1v) is 9.67. The lowest BCUT2D eigenvalue weighted by Crippen LogP contribution is -2.53. The van der Waals surface area contributed by atoms with Crippen molar-refractivity contribution in [2.24, 2.45) is 0 Å². The van der Waals surface area contributed by atoms with E-state index in [1.165, 1.54) is 4.90 Å². The smallest absolute Gasteiger partial charge is 0.251 e. The summed E-state index contributed by atoms with van der Waals surface area (Å²) in [5, 5.41) is 8.71. The third-order valence-corrected chi connectivity index (χ3v) is 5.37. The molecule has 0 aliphatic carbocycles. The quantitative estimate of drug-likeness (QED) is 0.512. The molecule has 0 unspecified atom stereocenters. The molecule has 3 rings (SSSR count). The normalized spacial score (nSPS) is 22.4. The van der Waals surface area contributed by atoms with Crippen LogP contribution >= 0.6 is 15.9 Å². The van der Waals surface area contributed by atoms with E-state index in [1.54, 1.807) is 12.1 Å². The van der Waals surface area contributed by atoms with Crippen molar-refractivity contribution >= 4 is 33.4 Å². The number of hydrogen-bond acceptors (Lipinski definition) is 6. The maximum absolute atomic E-state index is 12.8. The van der Waals surface area contributed by atoms with Gasteiger partial charge in [-0.05, 0) is 24.3 Å². The number of nitrogens with zero attached hydrogens (tertiary/aromatic N) is 3. The minimum absolute atomic E-state index is 0.0421. The van der Waals surface area contributed by atoms with Gasteiger partial charge in [0.25, 0.3) is 5.91 Å². The van der Waals surface area contributed by atoms with Crippen molar-refractivity contribution in [1.29, 1.82) is 0 Å². The predicted octanol–water partition coefficient (Wildman–Crippen LogP) is 0.708. The average molecular weight is 426 g/mol. The fourth-order valence-corrected chi connectivity index (χ4v) is 3.69. The molecule has 142 valence electrons. The van der Waals surface area contributed by atoms with Crippen molar-refractivity contribution in [2.75, 3.05) is 57.4 Å². The van der Waals surface area contributed by atoms with Crippen LogP contribution in [0.4, 0.5) is 5.69 Å². The minimum Gasteiger partial charge on any atom is -0.394 e. The maximum atomic E-state index is 12.8. The number of carbonyl (C=O) groups is 2. The number of rotatable bonds is 7. The first-order chi connectivity index (χ1) is 12.6. The predicted molar refractivity (Wildman–Crippen MR) is 101 cm³/mol. The maximum Gasteiger partial charge on any atom is 0.251 e. The number of aliphatic hydroxyl groups is 1. The number of ether oxygens (including phenoxy) is 1. The van der Waals surface area contributed by atoms with E-state index in [2.05, 4.69) is 25.7 Å². The zero-order valence-corrected chi connectivity index (χ0v) is 16.2. The fourth-order valence-electron chi connectivity index (χ4n) is 3.42. The summed E-state index contributed by atoms with van der Waals surface area (Å²) in [6, 6.07) is 6.87. The van der Waals surface area contributed by atoms with E-state index in [-0.39, 0.29) is 30.9 Å². The van der Waals surface area contributed by atoms with Gasteiger partial charge in [-0.15, -0.1) is 0 Å². The molecule has 7 nitrogen and oxygen atoms in total. The number of aliphatic hydroxyl groups excluding tert-OH is 1. The van der Waals surface area contributed by atoms with Crippen molar-refractivity contribution < 1.29 is 19.4 Å². The highest BCUT2D eigenvalue weighted by Crippen LogP contribution is 2.27. The van der Waals surface area contributed by atoms with Crippen LogP contribution in [0.25, 0.3) is 0 Å². The van der Waals surface area contributed by atoms with Crippen LogP contribution in [-0.2, 0) is 14.3 Å². The second kappa shape index (κ2) is 9.05. The van der Waals surface area contributed by atoms with Gasteiger partial charge in [0, 0.05) is 37.2 Å². The summed E-state index contributed by atoms with van der Waals surface area (Å²) in [5.74, 6) is -0.265. The van der Waals surface area contributed by atoms with Crippen LogP contribution in [-0.4, -0.2) is 85.3 Å². The van der Waals surface area contributed by atoms with Gasteiger partial charge >= 0.3 is 0 Å². The minimum atomic E-state index is -0.362. The SMILES string of the molecule is O=C1C[C@H](N2CCN(CCOCCO)CC2)C(=O)N1c1ccc(Br)cc1. The highest BCUT2D eigenvalue weighted by atomic mass is 79.9. The van der Waals surface area contributed by atoms with Gasteiger partial charge in [-0.2, -0.15) is 0 Å². The molecule has 2 aliphatic heterocycles. The number of piperazine rings is 1. The molecule has 1 atom stereocenters. The Hall–Kier alpha value is -1.32. The topological polar surface area (TPSA) is 73.3 Å². The highest BCUT2D eigenvalue weighted by Gasteiger charge is 2.43. The molecule has 1 aromatic rings. The van der Waals surface area contributed by atoms with Gasteiger partial charge in [0.2, 0.25) is 5.91 Å². The molecule has 0 spiro atoms. The second-order valence-corrected chi connectivity index (χ2v) is 7.39. The molecule has 0 radical (unpaired) electrons. The number of imide groups is 1. The molecule has 2 heterocycles. The van der Waals surface area contributed by atoms with E-state index >= 15 is 0 Å². The number of anilines is 1. The number of halogens is 1. The van der Waals surface area contributed by atoms with E-state index in [0.717, 1.165) is 37.2 Å². The Labute approximate surface area is 161 Å². The van der Waals surface area contributed by atoms with E-state index in [4.69, 9.17) is 9.84 Å². The van der Waals surface area contributed by atoms with E-state index in [0.29, 0.717) is 18.9 Å². The molecule has 1 aromatic carbocycles. The van der Waals surface area contributed by atoms with Crippen LogP contribution in [0.2, 0.25) is 0 Å². The van der Waals surface area contributed by atoms with Gasteiger partial charge in [-0.25, -0.2) is 4.90 Å². The van der Waals surface area contributed by atoms with Crippen LogP contribution in [0.3, 0.4) is 0 Å². The van der Waals surface area contributed by atoms with E-state index in [9.17, 15) is 9.59 Å². The second-order valence-electron chi connectivity index (χ2n) is 6.48. The molecule has 0 saturated carbocycles. The Balaban J connectivity index is 1.54. The largest absolute Gasteiger partial charge is 0.394 e. The molecule has 8 heteroatoms. The lowest BCUT2D eigenvalue weighted by Gasteiger charge is -2.36.